The number of nitrogens with zero attached hydrogens (tertiary/aromatic N) is 4. The Morgan fingerprint density at radius 2 is 1.82 bits per heavy atom. The number of ketones is 1. The lowest BCUT2D eigenvalue weighted by molar-refractivity contribution is -0.132. The predicted octanol–water partition coefficient (Wildman–Crippen LogP) is 6.96. The molecule has 1 fully saturated rings. The molecule has 1 aliphatic rings. The van der Waals surface area contributed by atoms with Crippen LogP contribution in [0.25, 0.3) is 5.76 Å². The Hall–Kier alpha value is -4.29. The van der Waals surface area contributed by atoms with Crippen molar-refractivity contribution in [3.63, 3.8) is 0 Å². The molecule has 5 rings (SSSR count). The maximum absolute atomic E-state index is 14.2. The minimum absolute atomic E-state index is 0.101. The zero-order valence-electron chi connectivity index (χ0n) is 24.2. The Labute approximate surface area is 262 Å². The van der Waals surface area contributed by atoms with Gasteiger partial charge in [-0.1, -0.05) is 67.1 Å². The van der Waals surface area contributed by atoms with Gasteiger partial charge in [0.2, 0.25) is 5.13 Å². The normalized spacial score (nSPS) is 16.0. The monoisotopic (exact) mass is 634 g/mol. The second-order valence-electron chi connectivity index (χ2n) is 9.83. The SMILES string of the molecule is CCCCCOc1ccc(C2C(=C(O)c3ccncc3)C(=O)C(=O)N2c2nnc(SCc3ccccc3F)s2)cc1OCC. The number of carbonyl (C=O) groups excluding carboxylic acids is 2. The van der Waals surface area contributed by atoms with E-state index in [2.05, 4.69) is 22.1 Å². The highest BCUT2D eigenvalue weighted by Gasteiger charge is 2.48. The van der Waals surface area contributed by atoms with E-state index in [0.717, 1.165) is 30.6 Å². The smallest absolute Gasteiger partial charge is 0.301 e. The minimum Gasteiger partial charge on any atom is -0.507 e. The maximum Gasteiger partial charge on any atom is 0.301 e. The molecule has 0 spiro atoms. The van der Waals surface area contributed by atoms with Gasteiger partial charge >= 0.3 is 5.91 Å². The highest BCUT2D eigenvalue weighted by Crippen LogP contribution is 2.45. The third-order valence-electron chi connectivity index (χ3n) is 6.90. The van der Waals surface area contributed by atoms with Gasteiger partial charge in [-0.05, 0) is 54.8 Å². The molecule has 1 saturated heterocycles. The van der Waals surface area contributed by atoms with Gasteiger partial charge in [-0.3, -0.25) is 19.5 Å². The average Bonchev–Trinajstić information content (AvgIpc) is 3.61. The summed E-state index contributed by atoms with van der Waals surface area (Å²) >= 11 is 2.37. The molecule has 0 bridgehead atoms. The lowest BCUT2D eigenvalue weighted by Gasteiger charge is -2.23. The van der Waals surface area contributed by atoms with Gasteiger partial charge in [-0.15, -0.1) is 10.2 Å². The predicted molar refractivity (Wildman–Crippen MR) is 168 cm³/mol. The molecule has 228 valence electrons. The molecule has 44 heavy (non-hydrogen) atoms. The molecule has 0 radical (unpaired) electrons. The molecule has 4 aromatic rings. The first kappa shape index (κ1) is 31.1. The van der Waals surface area contributed by atoms with Gasteiger partial charge in [-0.25, -0.2) is 4.39 Å². The summed E-state index contributed by atoms with van der Waals surface area (Å²) < 4.78 is 26.5. The van der Waals surface area contributed by atoms with E-state index in [1.54, 1.807) is 48.5 Å². The van der Waals surface area contributed by atoms with Gasteiger partial charge in [0.15, 0.2) is 15.8 Å². The molecule has 1 aliphatic heterocycles. The van der Waals surface area contributed by atoms with E-state index >= 15 is 0 Å². The number of benzene rings is 2. The van der Waals surface area contributed by atoms with Crippen molar-refractivity contribution in [2.75, 3.05) is 18.1 Å². The summed E-state index contributed by atoms with van der Waals surface area (Å²) in [6.45, 7) is 4.85. The number of aromatic nitrogens is 3. The van der Waals surface area contributed by atoms with Crippen LogP contribution in [0, 0.1) is 5.82 Å². The number of hydrogen-bond acceptors (Lipinski definition) is 10. The van der Waals surface area contributed by atoms with Gasteiger partial charge in [0.25, 0.3) is 5.78 Å². The number of aliphatic hydroxyl groups is 1. The first-order valence-electron chi connectivity index (χ1n) is 14.2. The highest BCUT2D eigenvalue weighted by atomic mass is 32.2. The molecule has 1 N–H and O–H groups in total. The van der Waals surface area contributed by atoms with Crippen molar-refractivity contribution in [3.05, 3.63) is 95.1 Å². The summed E-state index contributed by atoms with van der Waals surface area (Å²) in [6.07, 6.45) is 5.97. The minimum atomic E-state index is -1.03. The fourth-order valence-electron chi connectivity index (χ4n) is 4.74. The van der Waals surface area contributed by atoms with E-state index in [1.807, 2.05) is 6.92 Å². The van der Waals surface area contributed by atoms with Crippen molar-refractivity contribution in [1.82, 2.24) is 15.2 Å². The van der Waals surface area contributed by atoms with E-state index < -0.39 is 17.7 Å². The summed E-state index contributed by atoms with van der Waals surface area (Å²) in [6, 6.07) is 13.7. The average molecular weight is 635 g/mol. The zero-order valence-corrected chi connectivity index (χ0v) is 25.9. The fourth-order valence-corrected chi connectivity index (χ4v) is 6.59. The second-order valence-corrected chi connectivity index (χ2v) is 12.0. The molecule has 1 unspecified atom stereocenters. The molecule has 12 heteroatoms. The van der Waals surface area contributed by atoms with E-state index in [4.69, 9.17) is 9.47 Å². The van der Waals surface area contributed by atoms with Crippen LogP contribution in [0.2, 0.25) is 0 Å². The number of Topliss-reactive ketones (excluding diaryl/α,β-unsaturated/α-hetero) is 1. The van der Waals surface area contributed by atoms with Crippen LogP contribution < -0.4 is 14.4 Å². The Bertz CT molecular complexity index is 1660. The molecule has 3 heterocycles. The number of carbonyl (C=O) groups is 2. The van der Waals surface area contributed by atoms with Gasteiger partial charge in [0.05, 0.1) is 24.8 Å². The number of hydrogen-bond donors (Lipinski definition) is 1. The Balaban J connectivity index is 1.54. The van der Waals surface area contributed by atoms with Gasteiger partial charge < -0.3 is 14.6 Å². The maximum atomic E-state index is 14.2. The van der Waals surface area contributed by atoms with Gasteiger partial charge in [0.1, 0.15) is 11.6 Å². The van der Waals surface area contributed by atoms with Gasteiger partial charge in [-0.2, -0.15) is 0 Å². The third kappa shape index (κ3) is 6.76. The number of halogens is 1. The topological polar surface area (TPSA) is 115 Å². The van der Waals surface area contributed by atoms with Crippen molar-refractivity contribution in [2.45, 2.75) is 49.2 Å². The van der Waals surface area contributed by atoms with Crippen molar-refractivity contribution in [3.8, 4) is 11.5 Å². The molecule has 1 atom stereocenters. The second kappa shape index (κ2) is 14.5. The standard InChI is InChI=1S/C32H31FN4O5S2/c1-3-5-8-17-42-24-12-11-21(18-25(24)41-4-2)27-26(28(38)20-13-15-34-16-14-20)29(39)30(40)37(27)31-35-36-32(44-31)43-19-22-9-6-7-10-23(22)33/h6-7,9-16,18,27,38H,3-5,8,17,19H2,1-2H3. The lowest BCUT2D eigenvalue weighted by Crippen LogP contribution is -2.29. The van der Waals surface area contributed by atoms with Crippen LogP contribution in [0.5, 0.6) is 11.5 Å². The third-order valence-corrected chi connectivity index (χ3v) is 9.00. The zero-order chi connectivity index (χ0) is 31.1. The summed E-state index contributed by atoms with van der Waals surface area (Å²) in [4.78, 5) is 32.4. The van der Waals surface area contributed by atoms with Crippen LogP contribution in [0.4, 0.5) is 9.52 Å². The molecule has 2 aromatic carbocycles. The van der Waals surface area contributed by atoms with Crippen LogP contribution >= 0.6 is 23.1 Å². The van der Waals surface area contributed by atoms with Gasteiger partial charge in [0, 0.05) is 23.7 Å². The van der Waals surface area contributed by atoms with Crippen molar-refractivity contribution >= 4 is 45.7 Å². The molecule has 1 amide bonds. The summed E-state index contributed by atoms with van der Waals surface area (Å²) in [5, 5.41) is 20.0. The first-order valence-corrected chi connectivity index (χ1v) is 16.0. The van der Waals surface area contributed by atoms with Crippen molar-refractivity contribution in [2.24, 2.45) is 0 Å². The molecular weight excluding hydrogens is 604 g/mol. The fraction of sp³-hybridized carbons (Fsp3) is 0.281. The molecule has 0 aliphatic carbocycles. The van der Waals surface area contributed by atoms with E-state index in [1.165, 1.54) is 35.1 Å². The summed E-state index contributed by atoms with van der Waals surface area (Å²) in [5.74, 6) is -1.08. The van der Waals surface area contributed by atoms with E-state index in [-0.39, 0.29) is 22.3 Å². The number of ether oxygens (including phenoxy) is 2. The van der Waals surface area contributed by atoms with Crippen LogP contribution in [-0.4, -0.2) is 45.2 Å². The number of aliphatic hydroxyl groups excluding tert-OH is 1. The Morgan fingerprint density at radius 1 is 1.02 bits per heavy atom. The number of anilines is 1. The number of thioether (sulfide) groups is 1. The summed E-state index contributed by atoms with van der Waals surface area (Å²) in [7, 11) is 0. The lowest BCUT2D eigenvalue weighted by atomic mass is 9.95. The number of pyridine rings is 1. The van der Waals surface area contributed by atoms with Crippen LogP contribution in [0.3, 0.4) is 0 Å². The Kier molecular flexibility index (Phi) is 10.2. The van der Waals surface area contributed by atoms with Crippen LogP contribution in [-0.2, 0) is 15.3 Å². The van der Waals surface area contributed by atoms with Crippen molar-refractivity contribution < 1.29 is 28.6 Å². The largest absolute Gasteiger partial charge is 0.507 e. The first-order chi connectivity index (χ1) is 21.4. The molecule has 0 saturated carbocycles. The van der Waals surface area contributed by atoms with Crippen molar-refractivity contribution in [1.29, 1.82) is 0 Å². The number of unbranched alkanes of at least 4 members (excludes halogenated alkanes) is 2. The molecular formula is C32H31FN4O5S2. The number of rotatable bonds is 13. The quantitative estimate of drug-likeness (QED) is 0.0416. The Morgan fingerprint density at radius 3 is 2.57 bits per heavy atom. The van der Waals surface area contributed by atoms with E-state index in [9.17, 15) is 19.1 Å². The highest BCUT2D eigenvalue weighted by molar-refractivity contribution is 8.00. The number of amides is 1. The summed E-state index contributed by atoms with van der Waals surface area (Å²) in [5.41, 5.74) is 1.26. The van der Waals surface area contributed by atoms with Crippen LogP contribution in [0.1, 0.15) is 55.8 Å². The van der Waals surface area contributed by atoms with Crippen LogP contribution in [0.15, 0.2) is 76.9 Å². The molecule has 9 nitrogen and oxygen atoms in total. The van der Waals surface area contributed by atoms with E-state index in [0.29, 0.717) is 51.5 Å². The molecule has 2 aromatic heterocycles.